The standard InChI is InChI=1S/C15H11BrF2O2/c1-20-14-4-2-3-9(15(14)18)7-13(19)11-6-5-10(17)8-12(11)16/h2-6,8H,7H2,1H3. The van der Waals surface area contributed by atoms with Gasteiger partial charge in [-0.3, -0.25) is 4.79 Å². The largest absolute Gasteiger partial charge is 0.494 e. The third-order valence-electron chi connectivity index (χ3n) is 2.85. The van der Waals surface area contributed by atoms with E-state index in [4.69, 9.17) is 4.74 Å². The Morgan fingerprint density at radius 3 is 2.65 bits per heavy atom. The summed E-state index contributed by atoms with van der Waals surface area (Å²) in [7, 11) is 1.36. The summed E-state index contributed by atoms with van der Waals surface area (Å²) in [6.45, 7) is 0. The molecule has 0 aliphatic heterocycles. The van der Waals surface area contributed by atoms with Crippen molar-refractivity contribution < 1.29 is 18.3 Å². The number of halogens is 3. The van der Waals surface area contributed by atoms with Crippen molar-refractivity contribution in [2.75, 3.05) is 7.11 Å². The number of rotatable bonds is 4. The maximum absolute atomic E-state index is 14.0. The van der Waals surface area contributed by atoms with Crippen LogP contribution in [0.25, 0.3) is 0 Å². The van der Waals surface area contributed by atoms with Crippen LogP contribution in [0, 0.1) is 11.6 Å². The minimum atomic E-state index is -0.554. The van der Waals surface area contributed by atoms with Crippen LogP contribution in [-0.4, -0.2) is 12.9 Å². The number of Topliss-reactive ketones (excluding diaryl/α,β-unsaturated/α-hetero) is 1. The molecule has 2 aromatic rings. The first kappa shape index (κ1) is 14.7. The number of carbonyl (C=O) groups excluding carboxylic acids is 1. The molecule has 0 N–H and O–H groups in total. The molecule has 0 aliphatic rings. The predicted octanol–water partition coefficient (Wildman–Crippen LogP) is 4.16. The first-order valence-corrected chi connectivity index (χ1v) is 6.62. The lowest BCUT2D eigenvalue weighted by Crippen LogP contribution is -2.07. The lowest BCUT2D eigenvalue weighted by Gasteiger charge is -2.08. The van der Waals surface area contributed by atoms with Crippen molar-refractivity contribution >= 4 is 21.7 Å². The molecule has 0 spiro atoms. The third-order valence-corrected chi connectivity index (χ3v) is 3.50. The highest BCUT2D eigenvalue weighted by Crippen LogP contribution is 2.24. The van der Waals surface area contributed by atoms with Gasteiger partial charge in [-0.25, -0.2) is 8.78 Å². The molecule has 0 bridgehead atoms. The molecule has 0 radical (unpaired) electrons. The normalized spacial score (nSPS) is 10.4. The van der Waals surface area contributed by atoms with Gasteiger partial charge in [0.1, 0.15) is 5.82 Å². The van der Waals surface area contributed by atoms with Crippen LogP contribution in [-0.2, 0) is 6.42 Å². The van der Waals surface area contributed by atoms with Crippen LogP contribution in [0.15, 0.2) is 40.9 Å². The van der Waals surface area contributed by atoms with Gasteiger partial charge in [-0.15, -0.1) is 0 Å². The van der Waals surface area contributed by atoms with E-state index in [1.165, 1.54) is 37.4 Å². The average Bonchev–Trinajstić information content (AvgIpc) is 2.41. The quantitative estimate of drug-likeness (QED) is 0.781. The zero-order chi connectivity index (χ0) is 14.7. The molecule has 0 aromatic heterocycles. The van der Waals surface area contributed by atoms with Crippen LogP contribution in [0.5, 0.6) is 5.75 Å². The smallest absolute Gasteiger partial charge is 0.168 e. The highest BCUT2D eigenvalue weighted by Gasteiger charge is 2.15. The van der Waals surface area contributed by atoms with E-state index < -0.39 is 11.6 Å². The summed E-state index contributed by atoms with van der Waals surface area (Å²) in [6, 6.07) is 8.39. The lowest BCUT2D eigenvalue weighted by atomic mass is 10.0. The lowest BCUT2D eigenvalue weighted by molar-refractivity contribution is 0.0991. The fourth-order valence-electron chi connectivity index (χ4n) is 1.83. The van der Waals surface area contributed by atoms with E-state index in [1.807, 2.05) is 0 Å². The molecule has 0 amide bonds. The van der Waals surface area contributed by atoms with Crippen molar-refractivity contribution in [3.8, 4) is 5.75 Å². The molecule has 2 nitrogen and oxygen atoms in total. The summed E-state index contributed by atoms with van der Waals surface area (Å²) in [4.78, 5) is 12.1. The molecule has 0 saturated heterocycles. The van der Waals surface area contributed by atoms with Gasteiger partial charge in [-0.2, -0.15) is 0 Å². The number of ketones is 1. The van der Waals surface area contributed by atoms with Crippen LogP contribution >= 0.6 is 15.9 Å². The summed E-state index contributed by atoms with van der Waals surface area (Å²) in [5.41, 5.74) is 0.555. The first-order valence-electron chi connectivity index (χ1n) is 5.82. The van der Waals surface area contributed by atoms with Crippen molar-refractivity contribution in [3.63, 3.8) is 0 Å². The molecule has 0 unspecified atom stereocenters. The molecule has 5 heteroatoms. The molecule has 0 atom stereocenters. The SMILES string of the molecule is COc1cccc(CC(=O)c2ccc(F)cc2Br)c1F. The van der Waals surface area contributed by atoms with E-state index in [0.717, 1.165) is 0 Å². The van der Waals surface area contributed by atoms with E-state index in [-0.39, 0.29) is 23.5 Å². The molecule has 104 valence electrons. The van der Waals surface area contributed by atoms with Crippen LogP contribution in [0.2, 0.25) is 0 Å². The maximum atomic E-state index is 14.0. The van der Waals surface area contributed by atoms with Gasteiger partial charge < -0.3 is 4.74 Å². The van der Waals surface area contributed by atoms with Gasteiger partial charge in [0.2, 0.25) is 0 Å². The predicted molar refractivity (Wildman–Crippen MR) is 75.1 cm³/mol. The number of methoxy groups -OCH3 is 1. The molecule has 0 saturated carbocycles. The van der Waals surface area contributed by atoms with Gasteiger partial charge >= 0.3 is 0 Å². The summed E-state index contributed by atoms with van der Waals surface area (Å²) in [6.07, 6.45) is -0.118. The number of ether oxygens (including phenoxy) is 1. The van der Waals surface area contributed by atoms with Crippen molar-refractivity contribution in [2.24, 2.45) is 0 Å². The summed E-state index contributed by atoms with van der Waals surface area (Å²) >= 11 is 3.13. The molecule has 0 fully saturated rings. The third kappa shape index (κ3) is 3.04. The molecule has 20 heavy (non-hydrogen) atoms. The second-order valence-electron chi connectivity index (χ2n) is 4.16. The highest BCUT2D eigenvalue weighted by molar-refractivity contribution is 9.10. The van der Waals surface area contributed by atoms with E-state index in [9.17, 15) is 13.6 Å². The Balaban J connectivity index is 2.28. The highest BCUT2D eigenvalue weighted by atomic mass is 79.9. The second kappa shape index (κ2) is 6.13. The van der Waals surface area contributed by atoms with Crippen LogP contribution in [0.1, 0.15) is 15.9 Å². The Kier molecular flexibility index (Phi) is 4.49. The number of benzene rings is 2. The number of hydrogen-bond acceptors (Lipinski definition) is 2. The second-order valence-corrected chi connectivity index (χ2v) is 5.01. The Bertz CT molecular complexity index is 656. The summed E-state index contributed by atoms with van der Waals surface area (Å²) in [5, 5.41) is 0. The Morgan fingerprint density at radius 1 is 1.25 bits per heavy atom. The van der Waals surface area contributed by atoms with Gasteiger partial charge in [0.05, 0.1) is 7.11 Å². The van der Waals surface area contributed by atoms with Gasteiger partial charge in [0, 0.05) is 16.5 Å². The topological polar surface area (TPSA) is 26.3 Å². The number of hydrogen-bond donors (Lipinski definition) is 0. The van der Waals surface area contributed by atoms with Gasteiger partial charge in [-0.1, -0.05) is 12.1 Å². The molecular formula is C15H11BrF2O2. The van der Waals surface area contributed by atoms with Crippen LogP contribution in [0.4, 0.5) is 8.78 Å². The molecular weight excluding hydrogens is 330 g/mol. The minimum absolute atomic E-state index is 0.0912. The number of carbonyl (C=O) groups is 1. The van der Waals surface area contributed by atoms with Crippen molar-refractivity contribution in [2.45, 2.75) is 6.42 Å². The van der Waals surface area contributed by atoms with Gasteiger partial charge in [0.15, 0.2) is 17.3 Å². The Labute approximate surface area is 123 Å². The van der Waals surface area contributed by atoms with Crippen molar-refractivity contribution in [1.82, 2.24) is 0 Å². The fourth-order valence-corrected chi connectivity index (χ4v) is 2.41. The van der Waals surface area contributed by atoms with E-state index in [0.29, 0.717) is 10.0 Å². The maximum Gasteiger partial charge on any atom is 0.168 e. The van der Waals surface area contributed by atoms with Crippen molar-refractivity contribution in [1.29, 1.82) is 0 Å². The average molecular weight is 341 g/mol. The summed E-state index contributed by atoms with van der Waals surface area (Å²) in [5.74, 6) is -1.21. The van der Waals surface area contributed by atoms with Crippen LogP contribution < -0.4 is 4.74 Å². The molecule has 0 aliphatic carbocycles. The Morgan fingerprint density at radius 2 is 2.00 bits per heavy atom. The zero-order valence-corrected chi connectivity index (χ0v) is 12.2. The fraction of sp³-hybridized carbons (Fsp3) is 0.133. The van der Waals surface area contributed by atoms with E-state index >= 15 is 0 Å². The minimum Gasteiger partial charge on any atom is -0.494 e. The monoisotopic (exact) mass is 340 g/mol. The summed E-state index contributed by atoms with van der Waals surface area (Å²) < 4.78 is 32.2. The zero-order valence-electron chi connectivity index (χ0n) is 10.6. The molecule has 0 heterocycles. The van der Waals surface area contributed by atoms with Gasteiger partial charge in [0.25, 0.3) is 0 Å². The van der Waals surface area contributed by atoms with E-state index in [2.05, 4.69) is 15.9 Å². The Hall–Kier alpha value is -1.75. The molecule has 2 rings (SSSR count). The van der Waals surface area contributed by atoms with E-state index in [1.54, 1.807) is 6.07 Å². The van der Waals surface area contributed by atoms with Gasteiger partial charge in [-0.05, 0) is 45.8 Å². The molecule has 2 aromatic carbocycles. The van der Waals surface area contributed by atoms with Crippen LogP contribution in [0.3, 0.4) is 0 Å². The first-order chi connectivity index (χ1) is 9.52. The van der Waals surface area contributed by atoms with Crippen molar-refractivity contribution in [3.05, 3.63) is 63.6 Å².